The van der Waals surface area contributed by atoms with Gasteiger partial charge in [-0.25, -0.2) is 4.79 Å². The van der Waals surface area contributed by atoms with Crippen molar-refractivity contribution >= 4 is 22.9 Å². The average Bonchev–Trinajstić information content (AvgIpc) is 3.05. The second kappa shape index (κ2) is 7.37. The molecule has 26 heavy (non-hydrogen) atoms. The molecule has 4 rings (SSSR count). The fourth-order valence-corrected chi connectivity index (χ4v) is 4.92. The van der Waals surface area contributed by atoms with E-state index >= 15 is 0 Å². The molecule has 0 N–H and O–H groups in total. The van der Waals surface area contributed by atoms with Crippen LogP contribution in [0.25, 0.3) is 5.57 Å². The number of carbonyl (C=O) groups excluding carboxylic acids is 1. The van der Waals surface area contributed by atoms with Crippen molar-refractivity contribution in [2.24, 2.45) is 0 Å². The summed E-state index contributed by atoms with van der Waals surface area (Å²) in [6.07, 6.45) is 4.31. The first kappa shape index (κ1) is 17.5. The van der Waals surface area contributed by atoms with Gasteiger partial charge in [-0.2, -0.15) is 0 Å². The number of ether oxygens (including phenoxy) is 1. The van der Waals surface area contributed by atoms with Crippen LogP contribution in [-0.4, -0.2) is 37.6 Å². The molecule has 1 aromatic carbocycles. The quantitative estimate of drug-likeness (QED) is 0.729. The molecule has 0 amide bonds. The highest BCUT2D eigenvalue weighted by Gasteiger charge is 2.25. The normalized spacial score (nSPS) is 17.5. The lowest BCUT2D eigenvalue weighted by molar-refractivity contribution is 0.0526. The number of aryl methyl sites for hydroxylation is 2. The van der Waals surface area contributed by atoms with E-state index < -0.39 is 0 Å². The summed E-state index contributed by atoms with van der Waals surface area (Å²) in [7, 11) is 2.19. The van der Waals surface area contributed by atoms with E-state index in [9.17, 15) is 4.79 Å². The number of hydrogen-bond donors (Lipinski definition) is 0. The Kier molecular flexibility index (Phi) is 4.96. The summed E-state index contributed by atoms with van der Waals surface area (Å²) in [5.74, 6) is -0.224. The number of rotatable bonds is 2. The first-order valence-corrected chi connectivity index (χ1v) is 10.3. The summed E-state index contributed by atoms with van der Waals surface area (Å²) < 4.78 is 5.24. The Labute approximate surface area is 159 Å². The highest BCUT2D eigenvalue weighted by molar-refractivity contribution is 7.10. The number of benzene rings is 1. The number of piperidine rings is 1. The molecule has 1 fully saturated rings. The van der Waals surface area contributed by atoms with E-state index in [1.54, 1.807) is 0 Å². The number of hydrogen-bond acceptors (Lipinski definition) is 4. The molecular formula is C22H25NO2S. The van der Waals surface area contributed by atoms with Crippen LogP contribution < -0.4 is 0 Å². The van der Waals surface area contributed by atoms with Gasteiger partial charge in [-0.1, -0.05) is 11.6 Å². The molecule has 0 unspecified atom stereocenters. The van der Waals surface area contributed by atoms with Gasteiger partial charge in [0.2, 0.25) is 0 Å². The van der Waals surface area contributed by atoms with Crippen LogP contribution in [0.3, 0.4) is 0 Å². The number of nitrogens with zero attached hydrogens (tertiary/aromatic N) is 1. The van der Waals surface area contributed by atoms with E-state index in [4.69, 9.17) is 4.74 Å². The van der Waals surface area contributed by atoms with Gasteiger partial charge < -0.3 is 9.64 Å². The summed E-state index contributed by atoms with van der Waals surface area (Å²) in [5, 5.41) is 2.21. The lowest BCUT2D eigenvalue weighted by atomic mass is 9.87. The summed E-state index contributed by atoms with van der Waals surface area (Å²) >= 11 is 1.86. The van der Waals surface area contributed by atoms with Gasteiger partial charge in [0.25, 0.3) is 0 Å². The van der Waals surface area contributed by atoms with Gasteiger partial charge in [-0.3, -0.25) is 0 Å². The van der Waals surface area contributed by atoms with E-state index in [1.807, 2.05) is 24.3 Å². The van der Waals surface area contributed by atoms with Crippen LogP contribution in [0, 0.1) is 0 Å². The Morgan fingerprint density at radius 1 is 1.12 bits per heavy atom. The largest absolute Gasteiger partial charge is 0.462 e. The average molecular weight is 368 g/mol. The topological polar surface area (TPSA) is 29.5 Å². The minimum atomic E-state index is -0.224. The maximum absolute atomic E-state index is 12.3. The van der Waals surface area contributed by atoms with Crippen molar-refractivity contribution in [3.8, 4) is 0 Å². The van der Waals surface area contributed by atoms with Crippen molar-refractivity contribution in [3.63, 3.8) is 0 Å². The van der Waals surface area contributed by atoms with Gasteiger partial charge >= 0.3 is 5.97 Å². The highest BCUT2D eigenvalue weighted by Crippen LogP contribution is 2.40. The molecule has 1 aliphatic carbocycles. The second-order valence-electron chi connectivity index (χ2n) is 7.13. The zero-order valence-electron chi connectivity index (χ0n) is 15.5. The van der Waals surface area contributed by atoms with Gasteiger partial charge in [0.15, 0.2) is 0 Å². The smallest absolute Gasteiger partial charge is 0.338 e. The number of thiophene rings is 1. The van der Waals surface area contributed by atoms with Crippen molar-refractivity contribution in [1.82, 2.24) is 4.90 Å². The predicted molar refractivity (Wildman–Crippen MR) is 107 cm³/mol. The Hall–Kier alpha value is -1.91. The standard InChI is InChI=1S/C22H25NO2S/c1-3-25-22(24)17-5-4-15-6-7-20-18(10-13-26-20)21(19(15)14-17)16-8-11-23(2)12-9-16/h4-5,10,13-14H,3,6-9,11-12H2,1-2H3. The minimum absolute atomic E-state index is 0.224. The van der Waals surface area contributed by atoms with Crippen molar-refractivity contribution in [3.05, 3.63) is 62.3 Å². The molecule has 2 aromatic rings. The Bertz CT molecular complexity index is 855. The predicted octanol–water partition coefficient (Wildman–Crippen LogP) is 4.55. The monoisotopic (exact) mass is 367 g/mol. The SMILES string of the molecule is CCOC(=O)c1ccc2c(c1)C(=C1CCN(C)CC1)c1ccsc1CC2. The number of fused-ring (bicyclic) bond motifs is 2. The Morgan fingerprint density at radius 3 is 2.69 bits per heavy atom. The third kappa shape index (κ3) is 3.24. The molecule has 2 heterocycles. The summed E-state index contributed by atoms with van der Waals surface area (Å²) in [5.41, 5.74) is 7.56. The summed E-state index contributed by atoms with van der Waals surface area (Å²) in [4.78, 5) is 16.2. The molecule has 136 valence electrons. The molecule has 4 heteroatoms. The van der Waals surface area contributed by atoms with Crippen LogP contribution in [0.2, 0.25) is 0 Å². The molecule has 1 saturated heterocycles. The molecule has 3 nitrogen and oxygen atoms in total. The third-order valence-corrected chi connectivity index (χ3v) is 6.45. The van der Waals surface area contributed by atoms with Gasteiger partial charge in [-0.05, 0) is 85.5 Å². The van der Waals surface area contributed by atoms with Gasteiger partial charge in [0, 0.05) is 18.0 Å². The maximum Gasteiger partial charge on any atom is 0.338 e. The molecule has 0 saturated carbocycles. The first-order chi connectivity index (χ1) is 12.7. The molecule has 2 aliphatic rings. The van der Waals surface area contributed by atoms with Crippen molar-refractivity contribution in [2.45, 2.75) is 32.6 Å². The van der Waals surface area contributed by atoms with Gasteiger partial charge in [0.1, 0.15) is 0 Å². The number of esters is 1. The van der Waals surface area contributed by atoms with Crippen LogP contribution >= 0.6 is 11.3 Å². The number of likely N-dealkylation sites (tertiary alicyclic amines) is 1. The third-order valence-electron chi connectivity index (χ3n) is 5.47. The van der Waals surface area contributed by atoms with Crippen molar-refractivity contribution in [2.75, 3.05) is 26.7 Å². The minimum Gasteiger partial charge on any atom is -0.462 e. The van der Waals surface area contributed by atoms with E-state index in [-0.39, 0.29) is 5.97 Å². The summed E-state index contributed by atoms with van der Waals surface area (Å²) in [6, 6.07) is 8.40. The van der Waals surface area contributed by atoms with E-state index in [1.165, 1.54) is 32.7 Å². The van der Waals surface area contributed by atoms with Crippen LogP contribution in [0.4, 0.5) is 0 Å². The number of carbonyl (C=O) groups is 1. The van der Waals surface area contributed by atoms with E-state index in [0.717, 1.165) is 38.8 Å². The summed E-state index contributed by atoms with van der Waals surface area (Å²) in [6.45, 7) is 4.46. The van der Waals surface area contributed by atoms with Gasteiger partial charge in [-0.15, -0.1) is 11.3 Å². The molecular weight excluding hydrogens is 342 g/mol. The zero-order chi connectivity index (χ0) is 18.1. The van der Waals surface area contributed by atoms with Crippen LogP contribution in [0.5, 0.6) is 0 Å². The van der Waals surface area contributed by atoms with E-state index in [0.29, 0.717) is 12.2 Å². The fourth-order valence-electron chi connectivity index (χ4n) is 4.04. The molecule has 1 aromatic heterocycles. The van der Waals surface area contributed by atoms with Crippen LogP contribution in [0.1, 0.15) is 51.7 Å². The lowest BCUT2D eigenvalue weighted by Gasteiger charge is -2.27. The van der Waals surface area contributed by atoms with Crippen LogP contribution in [0.15, 0.2) is 35.2 Å². The zero-order valence-corrected chi connectivity index (χ0v) is 16.3. The van der Waals surface area contributed by atoms with E-state index in [2.05, 4.69) is 35.5 Å². The molecule has 0 radical (unpaired) electrons. The lowest BCUT2D eigenvalue weighted by Crippen LogP contribution is -2.27. The van der Waals surface area contributed by atoms with Crippen molar-refractivity contribution < 1.29 is 9.53 Å². The maximum atomic E-state index is 12.3. The Morgan fingerprint density at radius 2 is 1.92 bits per heavy atom. The first-order valence-electron chi connectivity index (χ1n) is 9.45. The molecule has 0 bridgehead atoms. The molecule has 0 atom stereocenters. The van der Waals surface area contributed by atoms with Gasteiger partial charge in [0.05, 0.1) is 12.2 Å². The van der Waals surface area contributed by atoms with Crippen molar-refractivity contribution in [1.29, 1.82) is 0 Å². The van der Waals surface area contributed by atoms with Crippen LogP contribution in [-0.2, 0) is 17.6 Å². The highest BCUT2D eigenvalue weighted by atomic mass is 32.1. The fraction of sp³-hybridized carbons (Fsp3) is 0.409. The molecule has 0 spiro atoms. The Balaban J connectivity index is 1.87. The molecule has 1 aliphatic heterocycles. The second-order valence-corrected chi connectivity index (χ2v) is 8.13.